The van der Waals surface area contributed by atoms with Crippen LogP contribution in [0.2, 0.25) is 0 Å². The number of benzene rings is 2. The summed E-state index contributed by atoms with van der Waals surface area (Å²) in [7, 11) is -3.55. The quantitative estimate of drug-likeness (QED) is 0.776. The summed E-state index contributed by atoms with van der Waals surface area (Å²) in [5, 5.41) is 11.2. The summed E-state index contributed by atoms with van der Waals surface area (Å²) in [6, 6.07) is 13.9. The Bertz CT molecular complexity index is 953. The standard InChI is InChI=1S/C19H19BrN2O4S/c20-16-6-7-17(18(23)14-16)19(24)21-9-11-22(12-10-21)27(25,26)13-8-15-4-2-1-3-5-15/h1-8,13-14,23H,9-12H2/b13-8+. The lowest BCUT2D eigenvalue weighted by atomic mass is 10.1. The van der Waals surface area contributed by atoms with Gasteiger partial charge in [-0.05, 0) is 29.8 Å². The number of rotatable bonds is 4. The fourth-order valence-corrected chi connectivity index (χ4v) is 4.34. The Morgan fingerprint density at radius 3 is 2.33 bits per heavy atom. The number of phenolic OH excluding ortho intramolecular Hbond substituents is 1. The van der Waals surface area contributed by atoms with Gasteiger partial charge >= 0.3 is 0 Å². The molecule has 8 heteroatoms. The van der Waals surface area contributed by atoms with Crippen molar-refractivity contribution < 1.29 is 18.3 Å². The Labute approximate surface area is 166 Å². The molecule has 1 aliphatic rings. The summed E-state index contributed by atoms with van der Waals surface area (Å²) in [6.07, 6.45) is 1.56. The molecule has 0 saturated carbocycles. The molecule has 1 heterocycles. The Kier molecular flexibility index (Phi) is 5.98. The van der Waals surface area contributed by atoms with Crippen LogP contribution in [0.1, 0.15) is 15.9 Å². The average molecular weight is 451 g/mol. The van der Waals surface area contributed by atoms with Gasteiger partial charge in [-0.3, -0.25) is 4.79 Å². The molecule has 0 aliphatic carbocycles. The maximum atomic E-state index is 12.6. The second-order valence-corrected chi connectivity index (χ2v) is 8.85. The van der Waals surface area contributed by atoms with E-state index in [9.17, 15) is 18.3 Å². The number of sulfonamides is 1. The van der Waals surface area contributed by atoms with Crippen LogP contribution in [0.25, 0.3) is 6.08 Å². The van der Waals surface area contributed by atoms with Crippen LogP contribution < -0.4 is 0 Å². The van der Waals surface area contributed by atoms with Gasteiger partial charge in [0.1, 0.15) is 5.75 Å². The van der Waals surface area contributed by atoms with Crippen LogP contribution in [0.15, 0.2) is 58.4 Å². The molecule has 27 heavy (non-hydrogen) atoms. The van der Waals surface area contributed by atoms with E-state index < -0.39 is 10.0 Å². The topological polar surface area (TPSA) is 77.9 Å². The number of halogens is 1. The number of aromatic hydroxyl groups is 1. The van der Waals surface area contributed by atoms with Crippen LogP contribution in [0, 0.1) is 0 Å². The molecule has 0 aromatic heterocycles. The van der Waals surface area contributed by atoms with E-state index >= 15 is 0 Å². The van der Waals surface area contributed by atoms with Crippen molar-refractivity contribution in [2.24, 2.45) is 0 Å². The fourth-order valence-electron chi connectivity index (χ4n) is 2.82. The van der Waals surface area contributed by atoms with E-state index in [0.29, 0.717) is 4.47 Å². The van der Waals surface area contributed by atoms with E-state index in [2.05, 4.69) is 15.9 Å². The van der Waals surface area contributed by atoms with Crippen molar-refractivity contribution in [3.63, 3.8) is 0 Å². The Morgan fingerprint density at radius 1 is 1.04 bits per heavy atom. The van der Waals surface area contributed by atoms with Gasteiger partial charge in [0.15, 0.2) is 0 Å². The first-order chi connectivity index (χ1) is 12.9. The SMILES string of the molecule is O=C(c1ccc(Br)cc1O)N1CCN(S(=O)(=O)/C=C/c2ccccc2)CC1. The van der Waals surface area contributed by atoms with Gasteiger partial charge in [-0.15, -0.1) is 0 Å². The highest BCUT2D eigenvalue weighted by atomic mass is 79.9. The zero-order chi connectivity index (χ0) is 19.4. The predicted molar refractivity (Wildman–Crippen MR) is 108 cm³/mol. The number of piperazine rings is 1. The van der Waals surface area contributed by atoms with Gasteiger partial charge in [-0.2, -0.15) is 4.31 Å². The van der Waals surface area contributed by atoms with Crippen LogP contribution in [0.5, 0.6) is 5.75 Å². The monoisotopic (exact) mass is 450 g/mol. The fraction of sp³-hybridized carbons (Fsp3) is 0.211. The molecule has 0 unspecified atom stereocenters. The first-order valence-corrected chi connectivity index (χ1v) is 10.7. The lowest BCUT2D eigenvalue weighted by Gasteiger charge is -2.33. The van der Waals surface area contributed by atoms with Crippen molar-refractivity contribution in [3.8, 4) is 5.75 Å². The summed E-state index contributed by atoms with van der Waals surface area (Å²) >= 11 is 3.24. The third-order valence-corrected chi connectivity index (χ3v) is 6.37. The Hall–Kier alpha value is -2.16. The third kappa shape index (κ3) is 4.77. The van der Waals surface area contributed by atoms with E-state index in [1.165, 1.54) is 15.8 Å². The van der Waals surface area contributed by atoms with Gasteiger partial charge in [0, 0.05) is 36.1 Å². The zero-order valence-corrected chi connectivity index (χ0v) is 16.9. The maximum absolute atomic E-state index is 12.6. The van der Waals surface area contributed by atoms with E-state index in [1.807, 2.05) is 30.3 Å². The lowest BCUT2D eigenvalue weighted by molar-refractivity contribution is 0.0695. The third-order valence-electron chi connectivity index (χ3n) is 4.31. The van der Waals surface area contributed by atoms with Crippen LogP contribution in [0.3, 0.4) is 0 Å². The second-order valence-electron chi connectivity index (χ2n) is 6.11. The van der Waals surface area contributed by atoms with Gasteiger partial charge in [0.2, 0.25) is 10.0 Å². The van der Waals surface area contributed by atoms with E-state index in [-0.39, 0.29) is 43.4 Å². The van der Waals surface area contributed by atoms with Gasteiger partial charge in [0.25, 0.3) is 5.91 Å². The van der Waals surface area contributed by atoms with Crippen LogP contribution in [-0.4, -0.2) is 54.8 Å². The van der Waals surface area contributed by atoms with Crippen LogP contribution in [-0.2, 0) is 10.0 Å². The number of phenols is 1. The predicted octanol–water partition coefficient (Wildman–Crippen LogP) is 2.91. The first-order valence-electron chi connectivity index (χ1n) is 8.38. The molecule has 2 aromatic carbocycles. The van der Waals surface area contributed by atoms with Crippen molar-refractivity contribution >= 4 is 37.9 Å². The highest BCUT2D eigenvalue weighted by Gasteiger charge is 2.28. The number of amides is 1. The van der Waals surface area contributed by atoms with Crippen LogP contribution >= 0.6 is 15.9 Å². The molecule has 0 spiro atoms. The molecule has 1 fully saturated rings. The molecule has 1 aliphatic heterocycles. The average Bonchev–Trinajstić information content (AvgIpc) is 2.67. The largest absolute Gasteiger partial charge is 0.507 e. The lowest BCUT2D eigenvalue weighted by Crippen LogP contribution is -2.50. The van der Waals surface area contributed by atoms with Gasteiger partial charge in [-0.25, -0.2) is 8.42 Å². The van der Waals surface area contributed by atoms with Crippen molar-refractivity contribution in [2.45, 2.75) is 0 Å². The smallest absolute Gasteiger partial charge is 0.257 e. The minimum absolute atomic E-state index is 0.102. The first kappa shape index (κ1) is 19.6. The van der Waals surface area contributed by atoms with Crippen molar-refractivity contribution in [1.82, 2.24) is 9.21 Å². The Balaban J connectivity index is 1.64. The molecule has 6 nitrogen and oxygen atoms in total. The van der Waals surface area contributed by atoms with Crippen LogP contribution in [0.4, 0.5) is 0 Å². The van der Waals surface area contributed by atoms with Gasteiger partial charge in [0.05, 0.1) is 5.56 Å². The van der Waals surface area contributed by atoms with Gasteiger partial charge in [-0.1, -0.05) is 46.3 Å². The molecule has 1 saturated heterocycles. The summed E-state index contributed by atoms with van der Waals surface area (Å²) in [5.41, 5.74) is 1.01. The van der Waals surface area contributed by atoms with E-state index in [4.69, 9.17) is 0 Å². The summed E-state index contributed by atoms with van der Waals surface area (Å²) in [5.74, 6) is -0.410. The molecule has 142 valence electrons. The minimum Gasteiger partial charge on any atom is -0.507 e. The second kappa shape index (κ2) is 8.24. The van der Waals surface area contributed by atoms with Crippen molar-refractivity contribution in [2.75, 3.05) is 26.2 Å². The molecule has 0 radical (unpaired) electrons. The molecule has 2 aromatic rings. The zero-order valence-electron chi connectivity index (χ0n) is 14.5. The van der Waals surface area contributed by atoms with Gasteiger partial charge < -0.3 is 10.0 Å². The van der Waals surface area contributed by atoms with E-state index in [1.54, 1.807) is 23.1 Å². The number of hydrogen-bond acceptors (Lipinski definition) is 4. The molecule has 1 amide bonds. The summed E-state index contributed by atoms with van der Waals surface area (Å²) in [6.45, 7) is 0.967. The number of carbonyl (C=O) groups is 1. The molecular formula is C19H19BrN2O4S. The van der Waals surface area contributed by atoms with Crippen molar-refractivity contribution in [3.05, 3.63) is 69.5 Å². The minimum atomic E-state index is -3.55. The normalized spacial score (nSPS) is 16.0. The molecular weight excluding hydrogens is 432 g/mol. The number of carbonyl (C=O) groups excluding carboxylic acids is 1. The molecule has 0 atom stereocenters. The van der Waals surface area contributed by atoms with E-state index in [0.717, 1.165) is 5.56 Å². The van der Waals surface area contributed by atoms with Crippen molar-refractivity contribution in [1.29, 1.82) is 0 Å². The Morgan fingerprint density at radius 2 is 1.70 bits per heavy atom. The number of nitrogens with zero attached hydrogens (tertiary/aromatic N) is 2. The summed E-state index contributed by atoms with van der Waals surface area (Å²) in [4.78, 5) is 14.1. The molecule has 1 N–H and O–H groups in total. The highest BCUT2D eigenvalue weighted by molar-refractivity contribution is 9.10. The molecule has 0 bridgehead atoms. The molecule has 3 rings (SSSR count). The maximum Gasteiger partial charge on any atom is 0.257 e. The number of hydrogen-bond donors (Lipinski definition) is 1. The summed E-state index contributed by atoms with van der Waals surface area (Å²) < 4.78 is 27.0. The highest BCUT2D eigenvalue weighted by Crippen LogP contribution is 2.24.